The number of carbonyl (C=O) groups is 2. The van der Waals surface area contributed by atoms with Crippen LogP contribution in [-0.4, -0.2) is 52.1 Å². The molecular weight excluding hydrogens is 524 g/mol. The van der Waals surface area contributed by atoms with Crippen LogP contribution in [0.3, 0.4) is 0 Å². The lowest BCUT2D eigenvalue weighted by Gasteiger charge is -2.17. The van der Waals surface area contributed by atoms with Crippen LogP contribution in [0, 0.1) is 0 Å². The van der Waals surface area contributed by atoms with Crippen LogP contribution in [0.15, 0.2) is 63.9 Å². The van der Waals surface area contributed by atoms with Crippen LogP contribution >= 0.6 is 11.6 Å². The van der Waals surface area contributed by atoms with E-state index in [1.807, 2.05) is 24.3 Å². The van der Waals surface area contributed by atoms with Crippen LogP contribution < -0.4 is 10.1 Å². The summed E-state index contributed by atoms with van der Waals surface area (Å²) >= 11 is 6.11. The summed E-state index contributed by atoms with van der Waals surface area (Å²) in [5, 5.41) is 4.34. The van der Waals surface area contributed by atoms with Crippen molar-refractivity contribution in [1.82, 2.24) is 4.47 Å². The number of ether oxygens (including phenoxy) is 2. The molecule has 194 valence electrons. The van der Waals surface area contributed by atoms with Crippen LogP contribution in [0.2, 0.25) is 5.02 Å². The predicted molar refractivity (Wildman–Crippen MR) is 137 cm³/mol. The molecule has 3 aromatic carbocycles. The maximum Gasteiger partial charge on any atom is 0.340 e. The summed E-state index contributed by atoms with van der Waals surface area (Å²) in [5.41, 5.74) is 1.31. The van der Waals surface area contributed by atoms with Gasteiger partial charge in [0.15, 0.2) is 6.10 Å². The molecule has 1 atom stereocenters. The summed E-state index contributed by atoms with van der Waals surface area (Å²) in [6.45, 7) is 1.37. The van der Waals surface area contributed by atoms with Gasteiger partial charge in [0, 0.05) is 23.9 Å². The van der Waals surface area contributed by atoms with E-state index in [9.17, 15) is 18.0 Å². The van der Waals surface area contributed by atoms with Crippen LogP contribution in [0.1, 0.15) is 17.3 Å². The molecule has 37 heavy (non-hydrogen) atoms. The topological polar surface area (TPSA) is 124 Å². The number of hydrogen-bond donors (Lipinski definition) is 1. The first-order valence-corrected chi connectivity index (χ1v) is 12.7. The molecule has 10 nitrogen and oxygen atoms in total. The number of fused-ring (bicyclic) bond motifs is 3. The molecule has 0 aliphatic rings. The summed E-state index contributed by atoms with van der Waals surface area (Å²) in [6.07, 6.45) is -1.26. The van der Waals surface area contributed by atoms with Crippen molar-refractivity contribution in [2.45, 2.75) is 17.9 Å². The van der Waals surface area contributed by atoms with Crippen LogP contribution in [0.5, 0.6) is 5.75 Å². The zero-order chi connectivity index (χ0) is 26.9. The van der Waals surface area contributed by atoms with Gasteiger partial charge in [-0.3, -0.25) is 9.63 Å². The van der Waals surface area contributed by atoms with E-state index >= 15 is 0 Å². The molecule has 0 saturated heterocycles. The Labute approximate surface area is 217 Å². The molecule has 4 aromatic rings. The minimum Gasteiger partial charge on any atom is -0.495 e. The lowest BCUT2D eigenvalue weighted by molar-refractivity contribution is -0.123. The SMILES string of the molecule is COc1cc2c(cc1NC(=O)[C@@H](C)OC(=O)c1cc(S(=O)(=O)N(C)OC)ccc1Cl)oc1ccccc12. The van der Waals surface area contributed by atoms with Crippen molar-refractivity contribution in [3.8, 4) is 5.75 Å². The van der Waals surface area contributed by atoms with Gasteiger partial charge in [-0.1, -0.05) is 34.3 Å². The normalized spacial score (nSPS) is 12.6. The number of methoxy groups -OCH3 is 1. The van der Waals surface area contributed by atoms with Gasteiger partial charge in [-0.05, 0) is 37.3 Å². The number of esters is 1. The Morgan fingerprint density at radius 2 is 1.76 bits per heavy atom. The van der Waals surface area contributed by atoms with Gasteiger partial charge < -0.3 is 19.2 Å². The lowest BCUT2D eigenvalue weighted by atomic mass is 10.1. The molecule has 1 N–H and O–H groups in total. The molecule has 0 saturated carbocycles. The van der Waals surface area contributed by atoms with Crippen molar-refractivity contribution >= 4 is 61.1 Å². The number of anilines is 1. The molecule has 0 fully saturated rings. The third-order valence-corrected chi connectivity index (χ3v) is 7.67. The van der Waals surface area contributed by atoms with Gasteiger partial charge >= 0.3 is 5.97 Å². The molecule has 0 radical (unpaired) electrons. The number of para-hydroxylation sites is 1. The Bertz CT molecular complexity index is 1620. The fraction of sp³-hybridized carbons (Fsp3) is 0.200. The molecule has 0 spiro atoms. The Balaban J connectivity index is 1.55. The highest BCUT2D eigenvalue weighted by Crippen LogP contribution is 2.36. The second-order valence-electron chi connectivity index (χ2n) is 7.92. The maximum absolute atomic E-state index is 12.9. The summed E-state index contributed by atoms with van der Waals surface area (Å²) < 4.78 is 42.2. The standard InChI is InChI=1S/C25H23ClN2O8S/c1-14(35-25(30)18-11-15(9-10-19(18)26)37(31,32)28(2)34-4)24(29)27-20-13-22-17(12-23(20)33-3)16-7-5-6-8-21(16)36-22/h5-14H,1-4H3,(H,27,29)/t14-/m1/s1. The first kappa shape index (κ1) is 26.4. The number of hydroxylamine groups is 1. The summed E-state index contributed by atoms with van der Waals surface area (Å²) in [4.78, 5) is 30.2. The molecule has 0 aliphatic carbocycles. The number of furan rings is 1. The van der Waals surface area contributed by atoms with Crippen molar-refractivity contribution < 1.29 is 36.7 Å². The molecular formula is C25H23ClN2O8S. The van der Waals surface area contributed by atoms with Gasteiger partial charge in [-0.2, -0.15) is 0 Å². The molecule has 0 bridgehead atoms. The number of nitrogens with one attached hydrogen (secondary N) is 1. The average Bonchev–Trinajstić information content (AvgIpc) is 3.24. The summed E-state index contributed by atoms with van der Waals surface area (Å²) in [7, 11) is -0.191. The van der Waals surface area contributed by atoms with E-state index in [0.717, 1.165) is 16.8 Å². The molecule has 4 rings (SSSR count). The number of amides is 1. The fourth-order valence-electron chi connectivity index (χ4n) is 3.60. The average molecular weight is 547 g/mol. The minimum absolute atomic E-state index is 0.0476. The van der Waals surface area contributed by atoms with Gasteiger partial charge in [-0.15, -0.1) is 0 Å². The Morgan fingerprint density at radius 1 is 1.03 bits per heavy atom. The smallest absolute Gasteiger partial charge is 0.340 e. The largest absolute Gasteiger partial charge is 0.495 e. The first-order valence-electron chi connectivity index (χ1n) is 10.9. The first-order chi connectivity index (χ1) is 17.6. The summed E-state index contributed by atoms with van der Waals surface area (Å²) in [6, 6.07) is 14.4. The second kappa shape index (κ2) is 10.4. The molecule has 0 unspecified atom stereocenters. The fourth-order valence-corrected chi connectivity index (χ4v) is 4.79. The van der Waals surface area contributed by atoms with E-state index in [-0.39, 0.29) is 15.5 Å². The van der Waals surface area contributed by atoms with Gasteiger partial charge in [0.1, 0.15) is 16.9 Å². The van der Waals surface area contributed by atoms with Crippen molar-refractivity contribution in [2.24, 2.45) is 0 Å². The van der Waals surface area contributed by atoms with Crippen molar-refractivity contribution in [1.29, 1.82) is 0 Å². The number of carbonyl (C=O) groups excluding carboxylic acids is 2. The molecule has 0 aliphatic heterocycles. The third-order valence-electron chi connectivity index (χ3n) is 5.66. The van der Waals surface area contributed by atoms with E-state index in [4.69, 9.17) is 30.3 Å². The Hall–Kier alpha value is -3.64. The number of nitrogens with zero attached hydrogens (tertiary/aromatic N) is 1. The number of hydrogen-bond acceptors (Lipinski definition) is 8. The van der Waals surface area contributed by atoms with Gasteiger partial charge in [0.25, 0.3) is 15.9 Å². The Morgan fingerprint density at radius 3 is 2.46 bits per heavy atom. The van der Waals surface area contributed by atoms with E-state index < -0.39 is 28.0 Å². The van der Waals surface area contributed by atoms with E-state index in [2.05, 4.69) is 5.32 Å². The van der Waals surface area contributed by atoms with Gasteiger partial charge in [-0.25, -0.2) is 13.2 Å². The van der Waals surface area contributed by atoms with Crippen molar-refractivity contribution in [3.05, 3.63) is 65.2 Å². The van der Waals surface area contributed by atoms with Gasteiger partial charge in [0.05, 0.1) is 35.4 Å². The summed E-state index contributed by atoms with van der Waals surface area (Å²) in [5.74, 6) is -1.25. The van der Waals surface area contributed by atoms with E-state index in [1.54, 1.807) is 12.1 Å². The van der Waals surface area contributed by atoms with Gasteiger partial charge in [0.2, 0.25) is 0 Å². The molecule has 1 heterocycles. The number of sulfonamides is 1. The lowest BCUT2D eigenvalue weighted by Crippen LogP contribution is -2.30. The van der Waals surface area contributed by atoms with E-state index in [0.29, 0.717) is 27.1 Å². The molecule has 1 aromatic heterocycles. The quantitative estimate of drug-likeness (QED) is 0.251. The third kappa shape index (κ3) is 5.12. The number of benzene rings is 3. The van der Waals surface area contributed by atoms with Crippen LogP contribution in [0.4, 0.5) is 5.69 Å². The number of rotatable bonds is 8. The van der Waals surface area contributed by atoms with Crippen LogP contribution in [0.25, 0.3) is 21.9 Å². The highest BCUT2D eigenvalue weighted by molar-refractivity contribution is 7.89. The molecule has 1 amide bonds. The zero-order valence-corrected chi connectivity index (χ0v) is 21.8. The monoisotopic (exact) mass is 546 g/mol. The van der Waals surface area contributed by atoms with E-state index in [1.165, 1.54) is 40.3 Å². The minimum atomic E-state index is -4.04. The maximum atomic E-state index is 12.9. The highest BCUT2D eigenvalue weighted by atomic mass is 35.5. The predicted octanol–water partition coefficient (Wildman–Crippen LogP) is 4.61. The Kier molecular flexibility index (Phi) is 7.42. The van der Waals surface area contributed by atoms with Crippen molar-refractivity contribution in [2.75, 3.05) is 26.6 Å². The highest BCUT2D eigenvalue weighted by Gasteiger charge is 2.26. The van der Waals surface area contributed by atoms with Crippen molar-refractivity contribution in [3.63, 3.8) is 0 Å². The second-order valence-corrected chi connectivity index (χ2v) is 10.3. The van der Waals surface area contributed by atoms with Crippen LogP contribution in [-0.2, 0) is 24.4 Å². The zero-order valence-electron chi connectivity index (χ0n) is 20.3. The number of halogens is 1. The molecule has 12 heteroatoms.